The first-order valence-corrected chi connectivity index (χ1v) is 6.70. The largest absolute Gasteiger partial charge is 0.315 e. The van der Waals surface area contributed by atoms with Gasteiger partial charge in [0.05, 0.1) is 0 Å². The quantitative estimate of drug-likeness (QED) is 0.879. The van der Waals surface area contributed by atoms with Crippen molar-refractivity contribution < 1.29 is 4.39 Å². The van der Waals surface area contributed by atoms with Crippen molar-refractivity contribution in [2.24, 2.45) is 5.92 Å². The summed E-state index contributed by atoms with van der Waals surface area (Å²) in [5.74, 6) is 0.677. The molecule has 0 saturated carbocycles. The van der Waals surface area contributed by atoms with E-state index in [1.54, 1.807) is 0 Å². The van der Waals surface area contributed by atoms with E-state index in [1.165, 1.54) is 31.6 Å². The van der Waals surface area contributed by atoms with E-state index in [2.05, 4.69) is 22.4 Å². The Labute approximate surface area is 107 Å². The Morgan fingerprint density at radius 1 is 1.28 bits per heavy atom. The molecule has 0 spiro atoms. The summed E-state index contributed by atoms with van der Waals surface area (Å²) in [6, 6.07) is 7.37. The van der Waals surface area contributed by atoms with E-state index in [-0.39, 0.29) is 5.82 Å². The Hall–Kier alpha value is -1.19. The molecule has 2 fully saturated rings. The molecule has 0 aromatic heterocycles. The normalized spacial score (nSPS) is 28.1. The number of rotatable bonds is 3. The van der Waals surface area contributed by atoms with Gasteiger partial charge in [0, 0.05) is 19.1 Å². The third kappa shape index (κ3) is 2.47. The van der Waals surface area contributed by atoms with Crippen LogP contribution in [-0.4, -0.2) is 37.1 Å². The summed E-state index contributed by atoms with van der Waals surface area (Å²) in [7, 11) is 0. The fourth-order valence-electron chi connectivity index (χ4n) is 3.06. The maximum atomic E-state index is 12.8. The highest BCUT2D eigenvalue weighted by Gasteiger charge is 2.36. The molecule has 1 aromatic carbocycles. The molecule has 2 aliphatic rings. The second-order valence-corrected chi connectivity index (χ2v) is 5.22. The number of nitrogens with zero attached hydrogens (tertiary/aromatic N) is 1. The van der Waals surface area contributed by atoms with Crippen LogP contribution in [0, 0.1) is 11.7 Å². The average molecular weight is 246 g/mol. The van der Waals surface area contributed by atoms with E-state index < -0.39 is 0 Å². The minimum atomic E-state index is -0.174. The van der Waals surface area contributed by atoms with Crippen LogP contribution in [0.15, 0.2) is 30.3 Å². The second-order valence-electron chi connectivity index (χ2n) is 5.22. The molecule has 0 radical (unpaired) electrons. The van der Waals surface area contributed by atoms with Crippen LogP contribution in [0.2, 0.25) is 0 Å². The topological polar surface area (TPSA) is 15.3 Å². The average Bonchev–Trinajstić information content (AvgIpc) is 2.96. The number of hydrogen-bond acceptors (Lipinski definition) is 2. The summed E-state index contributed by atoms with van der Waals surface area (Å²) < 4.78 is 12.8. The molecule has 0 unspecified atom stereocenters. The molecular weight excluding hydrogens is 227 g/mol. The van der Waals surface area contributed by atoms with E-state index >= 15 is 0 Å². The lowest BCUT2D eigenvalue weighted by atomic mass is 10.1. The number of fused-ring (bicyclic) bond motifs is 1. The summed E-state index contributed by atoms with van der Waals surface area (Å²) in [5, 5.41) is 3.46. The van der Waals surface area contributed by atoms with Crippen molar-refractivity contribution in [1.82, 2.24) is 10.2 Å². The predicted octanol–water partition coefficient (Wildman–Crippen LogP) is 2.13. The van der Waals surface area contributed by atoms with E-state index in [0.717, 1.165) is 30.6 Å². The van der Waals surface area contributed by atoms with Crippen LogP contribution in [0.5, 0.6) is 0 Å². The Balaban J connectivity index is 1.56. The molecule has 3 heteroatoms. The molecule has 1 aromatic rings. The molecule has 18 heavy (non-hydrogen) atoms. The predicted molar refractivity (Wildman–Crippen MR) is 71.8 cm³/mol. The van der Waals surface area contributed by atoms with Gasteiger partial charge in [-0.15, -0.1) is 0 Å². The molecule has 96 valence electrons. The standard InChI is InChI=1S/C15H19FN2/c16-14-5-3-12(4-6-14)2-1-8-18-9-7-13-10-17-11-15(13)18/h1-6,13,15,17H,7-11H2/b2-1+/t13-,15+/m1/s1. The van der Waals surface area contributed by atoms with Gasteiger partial charge in [-0.1, -0.05) is 24.3 Å². The van der Waals surface area contributed by atoms with Crippen molar-refractivity contribution in [3.8, 4) is 0 Å². The Bertz CT molecular complexity index is 427. The van der Waals surface area contributed by atoms with Crippen LogP contribution in [0.1, 0.15) is 12.0 Å². The van der Waals surface area contributed by atoms with Gasteiger partial charge in [0.15, 0.2) is 0 Å². The minimum absolute atomic E-state index is 0.174. The Kier molecular flexibility index (Phi) is 3.43. The SMILES string of the molecule is Fc1ccc(/C=C/CN2CC[C@@H]3CNC[C@@H]32)cc1. The molecule has 2 heterocycles. The molecule has 3 rings (SSSR count). The van der Waals surface area contributed by atoms with Crippen LogP contribution in [-0.2, 0) is 0 Å². The van der Waals surface area contributed by atoms with Gasteiger partial charge in [-0.25, -0.2) is 4.39 Å². The monoisotopic (exact) mass is 246 g/mol. The molecule has 1 N–H and O–H groups in total. The van der Waals surface area contributed by atoms with Gasteiger partial charge in [-0.3, -0.25) is 4.90 Å². The lowest BCUT2D eigenvalue weighted by Crippen LogP contribution is -2.34. The fraction of sp³-hybridized carbons (Fsp3) is 0.467. The molecular formula is C15H19FN2. The molecule has 0 aliphatic carbocycles. The molecule has 2 nitrogen and oxygen atoms in total. The van der Waals surface area contributed by atoms with Crippen molar-refractivity contribution in [2.45, 2.75) is 12.5 Å². The number of halogens is 1. The van der Waals surface area contributed by atoms with Gasteiger partial charge in [-0.05, 0) is 43.1 Å². The van der Waals surface area contributed by atoms with Crippen molar-refractivity contribution >= 4 is 6.08 Å². The number of likely N-dealkylation sites (tertiary alicyclic amines) is 1. The highest BCUT2D eigenvalue weighted by molar-refractivity contribution is 5.49. The molecule has 0 bridgehead atoms. The summed E-state index contributed by atoms with van der Waals surface area (Å²) in [6.45, 7) is 4.53. The summed E-state index contributed by atoms with van der Waals surface area (Å²) in [6.07, 6.45) is 5.59. The fourth-order valence-corrected chi connectivity index (χ4v) is 3.06. The van der Waals surface area contributed by atoms with E-state index in [0.29, 0.717) is 0 Å². The van der Waals surface area contributed by atoms with Crippen LogP contribution < -0.4 is 5.32 Å². The van der Waals surface area contributed by atoms with Crippen LogP contribution >= 0.6 is 0 Å². The third-order valence-corrected chi connectivity index (χ3v) is 4.08. The lowest BCUT2D eigenvalue weighted by molar-refractivity contribution is 0.279. The first kappa shape index (κ1) is 11.9. The zero-order chi connectivity index (χ0) is 12.4. The second kappa shape index (κ2) is 5.21. The van der Waals surface area contributed by atoms with E-state index in [1.807, 2.05) is 12.1 Å². The van der Waals surface area contributed by atoms with Gasteiger partial charge in [0.25, 0.3) is 0 Å². The maximum Gasteiger partial charge on any atom is 0.123 e. The molecule has 2 atom stereocenters. The van der Waals surface area contributed by atoms with Gasteiger partial charge in [0.2, 0.25) is 0 Å². The number of benzene rings is 1. The summed E-state index contributed by atoms with van der Waals surface area (Å²) in [4.78, 5) is 2.55. The highest BCUT2D eigenvalue weighted by atomic mass is 19.1. The zero-order valence-corrected chi connectivity index (χ0v) is 10.5. The summed E-state index contributed by atoms with van der Waals surface area (Å²) in [5.41, 5.74) is 1.07. The lowest BCUT2D eigenvalue weighted by Gasteiger charge is -2.21. The molecule has 2 saturated heterocycles. The van der Waals surface area contributed by atoms with E-state index in [9.17, 15) is 4.39 Å². The van der Waals surface area contributed by atoms with E-state index in [4.69, 9.17) is 0 Å². The maximum absolute atomic E-state index is 12.8. The van der Waals surface area contributed by atoms with Crippen molar-refractivity contribution in [2.75, 3.05) is 26.2 Å². The van der Waals surface area contributed by atoms with Gasteiger partial charge < -0.3 is 5.32 Å². The van der Waals surface area contributed by atoms with Crippen molar-refractivity contribution in [1.29, 1.82) is 0 Å². The third-order valence-electron chi connectivity index (χ3n) is 4.08. The Morgan fingerprint density at radius 2 is 2.11 bits per heavy atom. The van der Waals surface area contributed by atoms with Crippen molar-refractivity contribution in [3.05, 3.63) is 41.7 Å². The van der Waals surface area contributed by atoms with Crippen molar-refractivity contribution in [3.63, 3.8) is 0 Å². The van der Waals surface area contributed by atoms with Gasteiger partial charge >= 0.3 is 0 Å². The number of nitrogens with one attached hydrogen (secondary N) is 1. The smallest absolute Gasteiger partial charge is 0.123 e. The summed E-state index contributed by atoms with van der Waals surface area (Å²) >= 11 is 0. The van der Waals surface area contributed by atoms with Crippen LogP contribution in [0.25, 0.3) is 6.08 Å². The van der Waals surface area contributed by atoms with Gasteiger partial charge in [-0.2, -0.15) is 0 Å². The zero-order valence-electron chi connectivity index (χ0n) is 10.5. The minimum Gasteiger partial charge on any atom is -0.315 e. The van der Waals surface area contributed by atoms with Crippen LogP contribution in [0.4, 0.5) is 4.39 Å². The van der Waals surface area contributed by atoms with Crippen LogP contribution in [0.3, 0.4) is 0 Å². The molecule has 0 amide bonds. The first-order valence-electron chi connectivity index (χ1n) is 6.70. The molecule has 2 aliphatic heterocycles. The highest BCUT2D eigenvalue weighted by Crippen LogP contribution is 2.26. The number of hydrogen-bond donors (Lipinski definition) is 1. The first-order chi connectivity index (χ1) is 8.83. The van der Waals surface area contributed by atoms with Gasteiger partial charge in [0.1, 0.15) is 5.82 Å². The Morgan fingerprint density at radius 3 is 2.94 bits per heavy atom.